The molecule has 1 aliphatic rings. The molecular formula is C31H44N2O4. The van der Waals surface area contributed by atoms with Crippen LogP contribution in [0.25, 0.3) is 11.1 Å². The van der Waals surface area contributed by atoms with Gasteiger partial charge in [0.2, 0.25) is 5.91 Å². The van der Waals surface area contributed by atoms with Gasteiger partial charge >= 0.3 is 5.97 Å². The first-order valence-corrected chi connectivity index (χ1v) is 13.6. The monoisotopic (exact) mass is 508 g/mol. The van der Waals surface area contributed by atoms with Gasteiger partial charge in [0.25, 0.3) is 0 Å². The molecule has 2 aromatic rings. The van der Waals surface area contributed by atoms with Crippen molar-refractivity contribution in [3.8, 4) is 22.6 Å². The summed E-state index contributed by atoms with van der Waals surface area (Å²) in [5.74, 6) is 0.0922. The van der Waals surface area contributed by atoms with Gasteiger partial charge in [-0.3, -0.25) is 4.79 Å². The van der Waals surface area contributed by atoms with E-state index in [-0.39, 0.29) is 17.7 Å². The number of nitrogens with one attached hydrogen (secondary N) is 1. The van der Waals surface area contributed by atoms with Crippen LogP contribution in [0.15, 0.2) is 30.3 Å². The lowest BCUT2D eigenvalue weighted by atomic mass is 9.84. The maximum Gasteiger partial charge on any atom is 0.334 e. The molecule has 2 unspecified atom stereocenters. The fraction of sp³-hybridized carbons (Fsp3) is 0.548. The van der Waals surface area contributed by atoms with Crippen LogP contribution in [0.2, 0.25) is 0 Å². The molecule has 0 radical (unpaired) electrons. The zero-order valence-corrected chi connectivity index (χ0v) is 23.7. The second-order valence-electron chi connectivity index (χ2n) is 11.5. The molecule has 0 bridgehead atoms. The van der Waals surface area contributed by atoms with Crippen LogP contribution >= 0.6 is 0 Å². The largest absolute Gasteiger partial charge is 0.482 e. The number of ether oxygens (including phenoxy) is 2. The molecule has 0 saturated carbocycles. The smallest absolute Gasteiger partial charge is 0.334 e. The molecule has 2 atom stereocenters. The molecule has 2 aromatic carbocycles. The summed E-state index contributed by atoms with van der Waals surface area (Å²) in [5, 5.41) is 2.83. The lowest BCUT2D eigenvalue weighted by Gasteiger charge is -2.36. The van der Waals surface area contributed by atoms with Crippen LogP contribution in [0.4, 0.5) is 0 Å². The lowest BCUT2D eigenvalue weighted by Crippen LogP contribution is -2.53. The molecule has 0 saturated heterocycles. The standard InChI is InChI=1S/C31H44N2O4/c1-9-10-11-12-21-16-24(36-30(35)28(19(4)5)33-29(34)27(32)18(2)3)26-22-15-20(6)13-14-23(22)31(7,8)37-25(26)17-21/h13-19,27-28H,9-12,32H2,1-8H3,(H,33,34). The molecule has 1 aliphatic heterocycles. The van der Waals surface area contributed by atoms with E-state index in [2.05, 4.69) is 57.3 Å². The fourth-order valence-corrected chi connectivity index (χ4v) is 4.74. The summed E-state index contributed by atoms with van der Waals surface area (Å²) in [4.78, 5) is 26.2. The Bertz CT molecular complexity index is 1140. The lowest BCUT2D eigenvalue weighted by molar-refractivity contribution is -0.141. The normalized spacial score (nSPS) is 15.4. The number of rotatable bonds is 10. The van der Waals surface area contributed by atoms with Crippen molar-refractivity contribution in [3.05, 3.63) is 47.0 Å². The van der Waals surface area contributed by atoms with Crippen LogP contribution in [0, 0.1) is 18.8 Å². The van der Waals surface area contributed by atoms with Gasteiger partial charge in [0.05, 0.1) is 11.6 Å². The van der Waals surface area contributed by atoms with Gasteiger partial charge in [-0.15, -0.1) is 0 Å². The highest BCUT2D eigenvalue weighted by molar-refractivity contribution is 5.90. The summed E-state index contributed by atoms with van der Waals surface area (Å²) in [6, 6.07) is 8.79. The molecule has 37 heavy (non-hydrogen) atoms. The van der Waals surface area contributed by atoms with Crippen molar-refractivity contribution >= 4 is 11.9 Å². The highest BCUT2D eigenvalue weighted by Gasteiger charge is 2.36. The van der Waals surface area contributed by atoms with Crippen LogP contribution in [0.5, 0.6) is 11.5 Å². The zero-order chi connectivity index (χ0) is 27.5. The number of benzene rings is 2. The first kappa shape index (κ1) is 28.7. The van der Waals surface area contributed by atoms with Crippen LogP contribution < -0.4 is 20.5 Å². The summed E-state index contributed by atoms with van der Waals surface area (Å²) in [6.07, 6.45) is 4.15. The average Bonchev–Trinajstić information content (AvgIpc) is 2.80. The van der Waals surface area contributed by atoms with Crippen molar-refractivity contribution in [3.63, 3.8) is 0 Å². The maximum atomic E-state index is 13.5. The van der Waals surface area contributed by atoms with E-state index in [1.165, 1.54) is 0 Å². The molecule has 0 fully saturated rings. The van der Waals surface area contributed by atoms with Crippen LogP contribution in [0.3, 0.4) is 0 Å². The number of hydrogen-bond acceptors (Lipinski definition) is 5. The van der Waals surface area contributed by atoms with Crippen LogP contribution in [-0.4, -0.2) is 24.0 Å². The molecule has 3 rings (SSSR count). The quantitative estimate of drug-likeness (QED) is 0.232. The summed E-state index contributed by atoms with van der Waals surface area (Å²) >= 11 is 0. The predicted molar refractivity (Wildman–Crippen MR) is 149 cm³/mol. The van der Waals surface area contributed by atoms with E-state index >= 15 is 0 Å². The number of fused-ring (bicyclic) bond motifs is 3. The third-order valence-electron chi connectivity index (χ3n) is 7.10. The van der Waals surface area contributed by atoms with E-state index in [0.717, 1.165) is 53.5 Å². The molecule has 6 nitrogen and oxygen atoms in total. The minimum absolute atomic E-state index is 0.0455. The van der Waals surface area contributed by atoms with Crippen molar-refractivity contribution in [2.24, 2.45) is 17.6 Å². The maximum absolute atomic E-state index is 13.5. The molecule has 0 aliphatic carbocycles. The van der Waals surface area contributed by atoms with Gasteiger partial charge in [0, 0.05) is 5.56 Å². The Labute approximate surface area is 222 Å². The Kier molecular flexibility index (Phi) is 9.06. The Morgan fingerprint density at radius 2 is 1.76 bits per heavy atom. The number of nitrogens with two attached hydrogens (primary N) is 1. The number of carbonyl (C=O) groups is 2. The Hall–Kier alpha value is -2.86. The van der Waals surface area contributed by atoms with Crippen molar-refractivity contribution in [2.75, 3.05) is 0 Å². The third-order valence-corrected chi connectivity index (χ3v) is 7.10. The topological polar surface area (TPSA) is 90.7 Å². The fourth-order valence-electron chi connectivity index (χ4n) is 4.74. The molecule has 0 spiro atoms. The van der Waals surface area contributed by atoms with E-state index in [1.54, 1.807) is 0 Å². The Morgan fingerprint density at radius 3 is 2.38 bits per heavy atom. The van der Waals surface area contributed by atoms with Crippen molar-refractivity contribution in [1.82, 2.24) is 5.32 Å². The van der Waals surface area contributed by atoms with Crippen molar-refractivity contribution in [1.29, 1.82) is 0 Å². The van der Waals surface area contributed by atoms with E-state index in [0.29, 0.717) is 11.5 Å². The first-order chi connectivity index (χ1) is 17.4. The Morgan fingerprint density at radius 1 is 1.05 bits per heavy atom. The van der Waals surface area contributed by atoms with E-state index in [9.17, 15) is 9.59 Å². The summed E-state index contributed by atoms with van der Waals surface area (Å²) in [7, 11) is 0. The molecule has 6 heteroatoms. The second kappa shape index (κ2) is 11.7. The minimum atomic E-state index is -0.824. The van der Waals surface area contributed by atoms with Crippen molar-refractivity contribution in [2.45, 2.75) is 98.8 Å². The van der Waals surface area contributed by atoms with Crippen LogP contribution in [0.1, 0.15) is 84.4 Å². The molecule has 3 N–H and O–H groups in total. The van der Waals surface area contributed by atoms with E-state index in [4.69, 9.17) is 15.2 Å². The van der Waals surface area contributed by atoms with Gasteiger partial charge in [-0.05, 0) is 68.7 Å². The summed E-state index contributed by atoms with van der Waals surface area (Å²) in [6.45, 7) is 15.9. The predicted octanol–water partition coefficient (Wildman–Crippen LogP) is 6.05. The van der Waals surface area contributed by atoms with Gasteiger partial charge in [0.15, 0.2) is 0 Å². The summed E-state index contributed by atoms with van der Waals surface area (Å²) in [5.41, 5.74) is 10.5. The van der Waals surface area contributed by atoms with E-state index < -0.39 is 23.7 Å². The zero-order valence-electron chi connectivity index (χ0n) is 23.7. The van der Waals surface area contributed by atoms with Gasteiger partial charge in [-0.2, -0.15) is 0 Å². The number of unbranched alkanes of at least 4 members (excludes halogenated alkanes) is 2. The number of aryl methyl sites for hydroxylation is 2. The third kappa shape index (κ3) is 6.53. The van der Waals surface area contributed by atoms with Crippen LogP contribution in [-0.2, 0) is 21.6 Å². The SMILES string of the molecule is CCCCCc1cc(OC(=O)C(NC(=O)C(N)C(C)C)C(C)C)c2c(c1)OC(C)(C)c1ccc(C)cc1-2. The van der Waals surface area contributed by atoms with Gasteiger partial charge in [-0.1, -0.05) is 71.2 Å². The minimum Gasteiger partial charge on any atom is -0.482 e. The second-order valence-corrected chi connectivity index (χ2v) is 11.5. The number of carbonyl (C=O) groups excluding carboxylic acids is 2. The molecule has 1 amide bonds. The summed E-state index contributed by atoms with van der Waals surface area (Å²) < 4.78 is 12.6. The average molecular weight is 509 g/mol. The van der Waals surface area contributed by atoms with Gasteiger partial charge < -0.3 is 20.5 Å². The first-order valence-electron chi connectivity index (χ1n) is 13.6. The molecular weight excluding hydrogens is 464 g/mol. The van der Waals surface area contributed by atoms with E-state index in [1.807, 2.05) is 33.8 Å². The highest BCUT2D eigenvalue weighted by Crippen LogP contribution is 2.50. The molecule has 1 heterocycles. The van der Waals surface area contributed by atoms with Gasteiger partial charge in [0.1, 0.15) is 23.1 Å². The number of amides is 1. The number of esters is 1. The molecule has 202 valence electrons. The number of hydrogen-bond donors (Lipinski definition) is 2. The van der Waals surface area contributed by atoms with Gasteiger partial charge in [-0.25, -0.2) is 4.79 Å². The van der Waals surface area contributed by atoms with Crippen molar-refractivity contribution < 1.29 is 19.1 Å². The molecule has 0 aromatic heterocycles. The highest BCUT2D eigenvalue weighted by atomic mass is 16.5. The Balaban J connectivity index is 2.05.